The first-order valence-corrected chi connectivity index (χ1v) is 10.5. The van der Waals surface area contributed by atoms with Gasteiger partial charge in [-0.15, -0.1) is 0 Å². The van der Waals surface area contributed by atoms with Crippen LogP contribution in [0.1, 0.15) is 55.9 Å². The Morgan fingerprint density at radius 2 is 1.90 bits per heavy atom. The zero-order valence-corrected chi connectivity index (χ0v) is 17.3. The van der Waals surface area contributed by atoms with E-state index >= 15 is 0 Å². The predicted molar refractivity (Wildman–Crippen MR) is 116 cm³/mol. The van der Waals surface area contributed by atoms with Crippen LogP contribution >= 0.6 is 0 Å². The number of fused-ring (bicyclic) bond motifs is 1. The summed E-state index contributed by atoms with van der Waals surface area (Å²) in [6, 6.07) is 11.4. The number of pyridine rings is 1. The fourth-order valence-electron chi connectivity index (χ4n) is 4.23. The molecular weight excluding hydrogens is 378 g/mol. The number of nitrogens with one attached hydrogen (secondary N) is 1. The largest absolute Gasteiger partial charge is 0.369 e. The van der Waals surface area contributed by atoms with Gasteiger partial charge in [0.1, 0.15) is 0 Å². The molecule has 3 aromatic rings. The highest BCUT2D eigenvalue weighted by Crippen LogP contribution is 2.28. The van der Waals surface area contributed by atoms with Gasteiger partial charge >= 0.3 is 0 Å². The van der Waals surface area contributed by atoms with E-state index in [1.165, 1.54) is 0 Å². The first-order valence-electron chi connectivity index (χ1n) is 10.5. The molecule has 0 aliphatic heterocycles. The van der Waals surface area contributed by atoms with Crippen LogP contribution < -0.4 is 11.1 Å². The standard InChI is InChI=1S/C23H27N5O2/c1-14(2)28-22-18(13-25-28)17(12-20(26-22)15-8-4-3-5-9-15)23(30)27-19-11-7-6-10-16(19)21(24)29/h3-5,8-9,12-14,16,19H,6-7,10-11H2,1-2H3,(H2,24,29)(H,27,30). The van der Waals surface area contributed by atoms with E-state index in [1.807, 2.05) is 48.9 Å². The summed E-state index contributed by atoms with van der Waals surface area (Å²) in [7, 11) is 0. The van der Waals surface area contributed by atoms with E-state index < -0.39 is 0 Å². The zero-order chi connectivity index (χ0) is 21.3. The molecular formula is C23H27N5O2. The van der Waals surface area contributed by atoms with E-state index in [1.54, 1.807) is 12.3 Å². The molecule has 7 nitrogen and oxygen atoms in total. The lowest BCUT2D eigenvalue weighted by Crippen LogP contribution is -2.47. The molecule has 3 N–H and O–H groups in total. The van der Waals surface area contributed by atoms with Crippen molar-refractivity contribution >= 4 is 22.8 Å². The molecule has 0 saturated heterocycles. The van der Waals surface area contributed by atoms with Gasteiger partial charge in [-0.05, 0) is 32.8 Å². The molecule has 0 spiro atoms. The van der Waals surface area contributed by atoms with Gasteiger partial charge < -0.3 is 11.1 Å². The molecule has 156 valence electrons. The van der Waals surface area contributed by atoms with Crippen LogP contribution in [0.3, 0.4) is 0 Å². The van der Waals surface area contributed by atoms with Gasteiger partial charge in [0.05, 0.1) is 28.8 Å². The Labute approximate surface area is 175 Å². The molecule has 0 radical (unpaired) electrons. The molecule has 4 rings (SSSR count). The van der Waals surface area contributed by atoms with Crippen molar-refractivity contribution in [1.29, 1.82) is 0 Å². The van der Waals surface area contributed by atoms with Crippen LogP contribution in [0.25, 0.3) is 22.3 Å². The van der Waals surface area contributed by atoms with E-state index in [-0.39, 0.29) is 29.8 Å². The maximum absolute atomic E-state index is 13.3. The van der Waals surface area contributed by atoms with Gasteiger partial charge in [0.25, 0.3) is 5.91 Å². The van der Waals surface area contributed by atoms with E-state index in [2.05, 4.69) is 10.4 Å². The first-order chi connectivity index (χ1) is 14.5. The molecule has 1 saturated carbocycles. The second-order valence-electron chi connectivity index (χ2n) is 8.21. The van der Waals surface area contributed by atoms with Gasteiger partial charge in [0.2, 0.25) is 5.91 Å². The molecule has 2 heterocycles. The molecule has 2 aromatic heterocycles. The fraction of sp³-hybridized carbons (Fsp3) is 0.391. The summed E-state index contributed by atoms with van der Waals surface area (Å²) in [5, 5.41) is 8.24. The van der Waals surface area contributed by atoms with Gasteiger partial charge in [-0.25, -0.2) is 9.67 Å². The average Bonchev–Trinajstić information content (AvgIpc) is 3.18. The van der Waals surface area contributed by atoms with Gasteiger partial charge in [0.15, 0.2) is 5.65 Å². The Morgan fingerprint density at radius 3 is 2.60 bits per heavy atom. The van der Waals surface area contributed by atoms with Crippen molar-refractivity contribution in [3.05, 3.63) is 48.2 Å². The fourth-order valence-corrected chi connectivity index (χ4v) is 4.23. The van der Waals surface area contributed by atoms with E-state index in [0.29, 0.717) is 28.7 Å². The van der Waals surface area contributed by atoms with Crippen LogP contribution in [0.2, 0.25) is 0 Å². The molecule has 0 bridgehead atoms. The van der Waals surface area contributed by atoms with Crippen molar-refractivity contribution in [3.8, 4) is 11.3 Å². The summed E-state index contributed by atoms with van der Waals surface area (Å²) in [6.45, 7) is 4.06. The van der Waals surface area contributed by atoms with Crippen molar-refractivity contribution in [1.82, 2.24) is 20.1 Å². The molecule has 7 heteroatoms. The molecule has 1 fully saturated rings. The van der Waals surface area contributed by atoms with Crippen molar-refractivity contribution in [2.45, 2.75) is 51.6 Å². The average molecular weight is 406 g/mol. The number of carbonyl (C=O) groups is 2. The number of rotatable bonds is 5. The number of aromatic nitrogens is 3. The minimum Gasteiger partial charge on any atom is -0.369 e. The highest BCUT2D eigenvalue weighted by molar-refractivity contribution is 6.06. The topological polar surface area (TPSA) is 103 Å². The number of nitrogens with zero attached hydrogens (tertiary/aromatic N) is 3. The highest BCUT2D eigenvalue weighted by atomic mass is 16.2. The number of carbonyl (C=O) groups excluding carboxylic acids is 2. The Hall–Kier alpha value is -3.22. The van der Waals surface area contributed by atoms with Crippen LogP contribution in [0, 0.1) is 5.92 Å². The molecule has 2 amide bonds. The molecule has 1 aromatic carbocycles. The third-order valence-corrected chi connectivity index (χ3v) is 5.82. The summed E-state index contributed by atoms with van der Waals surface area (Å²) < 4.78 is 1.82. The predicted octanol–water partition coefficient (Wildman–Crippen LogP) is 3.45. The van der Waals surface area contributed by atoms with Crippen LogP contribution in [-0.4, -0.2) is 32.6 Å². The first kappa shape index (κ1) is 20.1. The monoisotopic (exact) mass is 405 g/mol. The summed E-state index contributed by atoms with van der Waals surface area (Å²) in [4.78, 5) is 30.0. The number of primary amides is 1. The Bertz CT molecular complexity index is 1070. The number of nitrogens with two attached hydrogens (primary N) is 1. The minimum absolute atomic E-state index is 0.106. The zero-order valence-electron chi connectivity index (χ0n) is 17.3. The van der Waals surface area contributed by atoms with E-state index in [9.17, 15) is 9.59 Å². The molecule has 1 aliphatic carbocycles. The number of benzene rings is 1. The molecule has 2 unspecified atom stereocenters. The van der Waals surface area contributed by atoms with Crippen molar-refractivity contribution in [2.75, 3.05) is 0 Å². The van der Waals surface area contributed by atoms with Crippen LogP contribution in [-0.2, 0) is 4.79 Å². The number of hydrogen-bond donors (Lipinski definition) is 2. The number of hydrogen-bond acceptors (Lipinski definition) is 4. The van der Waals surface area contributed by atoms with Crippen LogP contribution in [0.4, 0.5) is 0 Å². The third-order valence-electron chi connectivity index (χ3n) is 5.82. The summed E-state index contributed by atoms with van der Waals surface area (Å²) >= 11 is 0. The van der Waals surface area contributed by atoms with E-state index in [4.69, 9.17) is 10.7 Å². The van der Waals surface area contributed by atoms with Crippen LogP contribution in [0.15, 0.2) is 42.6 Å². The van der Waals surface area contributed by atoms with Gasteiger partial charge in [-0.2, -0.15) is 5.10 Å². The van der Waals surface area contributed by atoms with Gasteiger partial charge in [-0.3, -0.25) is 9.59 Å². The maximum Gasteiger partial charge on any atom is 0.252 e. The Morgan fingerprint density at radius 1 is 1.17 bits per heavy atom. The SMILES string of the molecule is CC(C)n1ncc2c(C(=O)NC3CCCCC3C(N)=O)cc(-c3ccccc3)nc21. The number of amides is 2. The Balaban J connectivity index is 1.77. The minimum atomic E-state index is -0.350. The third kappa shape index (κ3) is 3.79. The summed E-state index contributed by atoms with van der Waals surface area (Å²) in [5.74, 6) is -0.898. The smallest absolute Gasteiger partial charge is 0.252 e. The lowest BCUT2D eigenvalue weighted by molar-refractivity contribution is -0.123. The van der Waals surface area contributed by atoms with Gasteiger partial charge in [-0.1, -0.05) is 43.2 Å². The van der Waals surface area contributed by atoms with E-state index in [0.717, 1.165) is 24.8 Å². The maximum atomic E-state index is 13.3. The molecule has 2 atom stereocenters. The lowest BCUT2D eigenvalue weighted by atomic mass is 9.84. The van der Waals surface area contributed by atoms with Crippen molar-refractivity contribution < 1.29 is 9.59 Å². The van der Waals surface area contributed by atoms with Crippen LogP contribution in [0.5, 0.6) is 0 Å². The lowest BCUT2D eigenvalue weighted by Gasteiger charge is -2.30. The summed E-state index contributed by atoms with van der Waals surface area (Å²) in [6.07, 6.45) is 5.09. The molecule has 30 heavy (non-hydrogen) atoms. The normalized spacial score (nSPS) is 19.2. The second-order valence-corrected chi connectivity index (χ2v) is 8.21. The Kier molecular flexibility index (Phi) is 5.53. The highest BCUT2D eigenvalue weighted by Gasteiger charge is 2.31. The molecule has 1 aliphatic rings. The second kappa shape index (κ2) is 8.26. The summed E-state index contributed by atoms with van der Waals surface area (Å²) in [5.41, 5.74) is 8.41. The van der Waals surface area contributed by atoms with Crippen molar-refractivity contribution in [3.63, 3.8) is 0 Å². The van der Waals surface area contributed by atoms with Crippen molar-refractivity contribution in [2.24, 2.45) is 11.7 Å². The quantitative estimate of drug-likeness (QED) is 0.678. The van der Waals surface area contributed by atoms with Gasteiger partial charge in [0, 0.05) is 17.6 Å².